The van der Waals surface area contributed by atoms with Gasteiger partial charge >= 0.3 is 0 Å². The van der Waals surface area contributed by atoms with E-state index in [1.807, 2.05) is 0 Å². The molecule has 0 saturated heterocycles. The highest BCUT2D eigenvalue weighted by atomic mass is 14.5. The molecule has 0 atom stereocenters. The minimum absolute atomic E-state index is 0. The Hall–Kier alpha value is 0.0249. The zero-order valence-corrected chi connectivity index (χ0v) is 9.93. The third-order valence-electron chi connectivity index (χ3n) is 2.56. The summed E-state index contributed by atoms with van der Waals surface area (Å²) in [6.07, 6.45) is 13.9. The molecule has 0 aromatic heterocycles. The fraction of sp³-hybridized carbons (Fsp3) is 1.00. The largest absolute Gasteiger partial charge is 0.330 e. The topological polar surface area (TPSA) is 26.0 Å². The van der Waals surface area contributed by atoms with Gasteiger partial charge in [-0.1, -0.05) is 64.7 Å². The lowest BCUT2D eigenvalue weighted by Crippen LogP contribution is -1.97. The highest BCUT2D eigenvalue weighted by Gasteiger charge is 1.90. The first kappa shape index (κ1) is 16.5. The fourth-order valence-corrected chi connectivity index (χ4v) is 1.63. The van der Waals surface area contributed by atoms with Crippen LogP contribution in [0.4, 0.5) is 0 Å². The molecule has 0 spiro atoms. The van der Waals surface area contributed by atoms with E-state index in [1.54, 1.807) is 0 Å². The third kappa shape index (κ3) is 14.5. The van der Waals surface area contributed by atoms with Crippen molar-refractivity contribution in [3.8, 4) is 0 Å². The molecule has 0 aliphatic heterocycles. The molecule has 0 aliphatic carbocycles. The fourth-order valence-electron chi connectivity index (χ4n) is 1.63. The Bertz CT molecular complexity index is 76.4. The minimum Gasteiger partial charge on any atom is -0.330 e. The smallest absolute Gasteiger partial charge is 0 e. The van der Waals surface area contributed by atoms with Gasteiger partial charge in [-0.2, -0.15) is 0 Å². The molecule has 0 amide bonds. The van der Waals surface area contributed by atoms with Gasteiger partial charge in [-0.15, -0.1) is 0 Å². The van der Waals surface area contributed by atoms with Gasteiger partial charge in [0.05, 0.1) is 0 Å². The number of unbranched alkanes of at least 4 members (excludes halogenated alkanes) is 9. The van der Waals surface area contributed by atoms with E-state index in [2.05, 4.69) is 6.92 Å². The zero-order valence-electron chi connectivity index (χ0n) is 9.93. The molecule has 0 fully saturated rings. The Morgan fingerprint density at radius 2 is 1.00 bits per heavy atom. The summed E-state index contributed by atoms with van der Waals surface area (Å²) in [5.41, 5.74) is 5.42. The molecule has 0 aromatic carbocycles. The van der Waals surface area contributed by atoms with Crippen molar-refractivity contribution < 1.29 is 0 Å². The van der Waals surface area contributed by atoms with Crippen molar-refractivity contribution in [1.82, 2.24) is 0 Å². The molecule has 83 valence electrons. The van der Waals surface area contributed by atoms with Crippen molar-refractivity contribution in [3.63, 3.8) is 0 Å². The maximum Gasteiger partial charge on any atom is 0 e. The molecule has 1 nitrogen and oxygen atoms in total. The minimum atomic E-state index is 0. The summed E-state index contributed by atoms with van der Waals surface area (Å²) in [5, 5.41) is 0. The van der Waals surface area contributed by atoms with Gasteiger partial charge in [0.2, 0.25) is 0 Å². The van der Waals surface area contributed by atoms with Gasteiger partial charge in [0.1, 0.15) is 0 Å². The predicted octanol–water partition coefficient (Wildman–Crippen LogP) is 3.49. The van der Waals surface area contributed by atoms with Crippen LogP contribution < -0.4 is 5.73 Å². The molecule has 2 heteroatoms. The highest BCUT2D eigenvalue weighted by molar-refractivity contribution is 5.75. The molecule has 0 saturated carbocycles. The molecule has 0 aliphatic rings. The van der Waals surface area contributed by atoms with E-state index in [0.29, 0.717) is 0 Å². The highest BCUT2D eigenvalue weighted by Crippen LogP contribution is 2.09. The van der Waals surface area contributed by atoms with E-state index in [9.17, 15) is 0 Å². The lowest BCUT2D eigenvalue weighted by atomic mass is 10.1. The molecule has 0 aromatic rings. The zero-order chi connectivity index (χ0) is 9.78. The summed E-state index contributed by atoms with van der Waals surface area (Å²) < 4.78 is 0. The lowest BCUT2D eigenvalue weighted by molar-refractivity contribution is 0.558. The average Bonchev–Trinajstić information content (AvgIpc) is 2.16. The summed E-state index contributed by atoms with van der Waals surface area (Å²) >= 11 is 0. The first-order chi connectivity index (χ1) is 6.41. The van der Waals surface area contributed by atoms with E-state index in [0.717, 1.165) is 6.54 Å². The van der Waals surface area contributed by atoms with Crippen molar-refractivity contribution in [2.24, 2.45) is 5.73 Å². The van der Waals surface area contributed by atoms with E-state index >= 15 is 0 Å². The standard InChI is InChI=1S/C12H27N.B/c1-2-3-4-5-6-7-8-9-10-11-12-13;/h2-13H2,1H3;. The van der Waals surface area contributed by atoms with Crippen LogP contribution in [0.15, 0.2) is 0 Å². The summed E-state index contributed by atoms with van der Waals surface area (Å²) in [5.74, 6) is 0. The first-order valence-electron chi connectivity index (χ1n) is 6.12. The summed E-state index contributed by atoms with van der Waals surface area (Å²) in [4.78, 5) is 0. The van der Waals surface area contributed by atoms with Crippen LogP contribution in [0.3, 0.4) is 0 Å². The molecule has 2 N–H and O–H groups in total. The number of rotatable bonds is 10. The van der Waals surface area contributed by atoms with Gasteiger partial charge in [0, 0.05) is 8.41 Å². The molecule has 0 rings (SSSR count). The van der Waals surface area contributed by atoms with Gasteiger partial charge in [0.15, 0.2) is 0 Å². The van der Waals surface area contributed by atoms with E-state index in [-0.39, 0.29) is 8.41 Å². The van der Waals surface area contributed by atoms with Crippen LogP contribution in [-0.2, 0) is 0 Å². The Morgan fingerprint density at radius 3 is 1.36 bits per heavy atom. The van der Waals surface area contributed by atoms with E-state index in [1.165, 1.54) is 64.2 Å². The number of nitrogens with two attached hydrogens (primary N) is 1. The monoisotopic (exact) mass is 196 g/mol. The second-order valence-corrected chi connectivity index (χ2v) is 3.97. The first-order valence-corrected chi connectivity index (χ1v) is 6.12. The van der Waals surface area contributed by atoms with Gasteiger partial charge in [0.25, 0.3) is 0 Å². The van der Waals surface area contributed by atoms with Gasteiger partial charge < -0.3 is 5.73 Å². The lowest BCUT2D eigenvalue weighted by Gasteiger charge is -2.00. The summed E-state index contributed by atoms with van der Waals surface area (Å²) in [6.45, 7) is 3.14. The van der Waals surface area contributed by atoms with Crippen LogP contribution in [0.5, 0.6) is 0 Å². The van der Waals surface area contributed by atoms with Crippen molar-refractivity contribution in [2.45, 2.75) is 71.1 Å². The third-order valence-corrected chi connectivity index (χ3v) is 2.56. The van der Waals surface area contributed by atoms with Gasteiger partial charge in [-0.05, 0) is 13.0 Å². The van der Waals surface area contributed by atoms with Crippen molar-refractivity contribution in [2.75, 3.05) is 6.54 Å². The van der Waals surface area contributed by atoms with Crippen LogP contribution in [0.25, 0.3) is 0 Å². The summed E-state index contributed by atoms with van der Waals surface area (Å²) in [6, 6.07) is 0. The SMILES string of the molecule is CCCCCCCCCCCCN.[B]. The van der Waals surface area contributed by atoms with E-state index in [4.69, 9.17) is 5.73 Å². The quantitative estimate of drug-likeness (QED) is 0.420. The molecule has 0 heterocycles. The second kappa shape index (κ2) is 15.5. The van der Waals surface area contributed by atoms with E-state index < -0.39 is 0 Å². The summed E-state index contributed by atoms with van der Waals surface area (Å²) in [7, 11) is 0. The van der Waals surface area contributed by atoms with Crippen LogP contribution in [-0.4, -0.2) is 15.0 Å². The predicted molar refractivity (Wildman–Crippen MR) is 66.7 cm³/mol. The van der Waals surface area contributed by atoms with Crippen molar-refractivity contribution in [3.05, 3.63) is 0 Å². The molecule has 0 bridgehead atoms. The van der Waals surface area contributed by atoms with Crippen LogP contribution in [0.1, 0.15) is 71.1 Å². The average molecular weight is 196 g/mol. The second-order valence-electron chi connectivity index (χ2n) is 3.97. The van der Waals surface area contributed by atoms with Crippen LogP contribution in [0.2, 0.25) is 0 Å². The molecular weight excluding hydrogens is 169 g/mol. The molecule has 3 radical (unpaired) electrons. The number of hydrogen-bond donors (Lipinski definition) is 1. The Morgan fingerprint density at radius 1 is 0.643 bits per heavy atom. The molecule has 0 unspecified atom stereocenters. The van der Waals surface area contributed by atoms with Crippen molar-refractivity contribution in [1.29, 1.82) is 0 Å². The maximum atomic E-state index is 5.42. The Kier molecular flexibility index (Phi) is 18.2. The van der Waals surface area contributed by atoms with Crippen LogP contribution >= 0.6 is 0 Å². The molecule has 14 heavy (non-hydrogen) atoms. The van der Waals surface area contributed by atoms with Crippen molar-refractivity contribution >= 4 is 8.41 Å². The van der Waals surface area contributed by atoms with Gasteiger partial charge in [-0.3, -0.25) is 0 Å². The Labute approximate surface area is 92.4 Å². The Balaban J connectivity index is 0. The number of hydrogen-bond acceptors (Lipinski definition) is 1. The maximum absolute atomic E-state index is 5.42. The van der Waals surface area contributed by atoms with Gasteiger partial charge in [-0.25, -0.2) is 0 Å². The molecular formula is C12H27BN. The normalized spacial score (nSPS) is 9.86. The van der Waals surface area contributed by atoms with Crippen LogP contribution in [0, 0.1) is 0 Å².